The third-order valence-corrected chi connectivity index (χ3v) is 3.95. The van der Waals surface area contributed by atoms with Crippen LogP contribution in [0.15, 0.2) is 0 Å². The Balaban J connectivity index is 1.76. The standard InChI is InChI=1S/C13H25N3O/c1-12(17)16-7-3-6-15(8-9-16)11-13-4-2-5-14-10-13/h13-14H,2-11H2,1H3. The van der Waals surface area contributed by atoms with Crippen LogP contribution in [0.1, 0.15) is 26.2 Å². The summed E-state index contributed by atoms with van der Waals surface area (Å²) in [5.74, 6) is 1.04. The van der Waals surface area contributed by atoms with Crippen molar-refractivity contribution in [2.75, 3.05) is 45.8 Å². The molecular weight excluding hydrogens is 214 g/mol. The third kappa shape index (κ3) is 3.96. The van der Waals surface area contributed by atoms with Gasteiger partial charge in [-0.2, -0.15) is 0 Å². The molecule has 0 spiro atoms. The van der Waals surface area contributed by atoms with Gasteiger partial charge in [-0.25, -0.2) is 0 Å². The van der Waals surface area contributed by atoms with E-state index in [0.717, 1.165) is 38.5 Å². The number of hydrogen-bond acceptors (Lipinski definition) is 3. The predicted octanol–water partition coefficient (Wildman–Crippen LogP) is 0.540. The predicted molar refractivity (Wildman–Crippen MR) is 68.9 cm³/mol. The highest BCUT2D eigenvalue weighted by Gasteiger charge is 2.20. The molecule has 4 heteroatoms. The van der Waals surface area contributed by atoms with Gasteiger partial charge in [-0.05, 0) is 44.8 Å². The molecule has 2 saturated heterocycles. The molecule has 0 aliphatic carbocycles. The average Bonchev–Trinajstić information content (AvgIpc) is 2.56. The van der Waals surface area contributed by atoms with E-state index >= 15 is 0 Å². The lowest BCUT2D eigenvalue weighted by Gasteiger charge is -2.29. The molecule has 0 aromatic heterocycles. The molecule has 1 unspecified atom stereocenters. The SMILES string of the molecule is CC(=O)N1CCCN(CC2CCCNC2)CC1. The highest BCUT2D eigenvalue weighted by atomic mass is 16.2. The zero-order chi connectivity index (χ0) is 12.1. The van der Waals surface area contributed by atoms with E-state index in [1.165, 1.54) is 32.5 Å². The second-order valence-corrected chi connectivity index (χ2v) is 5.37. The molecule has 1 N–H and O–H groups in total. The molecule has 0 aromatic carbocycles. The van der Waals surface area contributed by atoms with Gasteiger partial charge in [-0.15, -0.1) is 0 Å². The first-order chi connectivity index (χ1) is 8.25. The Morgan fingerprint density at radius 3 is 2.82 bits per heavy atom. The minimum Gasteiger partial charge on any atom is -0.342 e. The molecular formula is C13H25N3O. The van der Waals surface area contributed by atoms with E-state index in [9.17, 15) is 4.79 Å². The van der Waals surface area contributed by atoms with Gasteiger partial charge in [0.15, 0.2) is 0 Å². The minimum atomic E-state index is 0.228. The van der Waals surface area contributed by atoms with Crippen LogP contribution in [-0.2, 0) is 4.79 Å². The lowest BCUT2D eigenvalue weighted by Crippen LogP contribution is -2.40. The van der Waals surface area contributed by atoms with Crippen molar-refractivity contribution < 1.29 is 4.79 Å². The van der Waals surface area contributed by atoms with Crippen molar-refractivity contribution in [1.82, 2.24) is 15.1 Å². The number of amides is 1. The van der Waals surface area contributed by atoms with E-state index in [2.05, 4.69) is 10.2 Å². The highest BCUT2D eigenvalue weighted by molar-refractivity contribution is 5.73. The summed E-state index contributed by atoms with van der Waals surface area (Å²) in [4.78, 5) is 15.9. The maximum Gasteiger partial charge on any atom is 0.219 e. The molecule has 2 aliphatic heterocycles. The van der Waals surface area contributed by atoms with Gasteiger partial charge < -0.3 is 15.1 Å². The van der Waals surface area contributed by atoms with E-state index in [1.54, 1.807) is 6.92 Å². The second-order valence-electron chi connectivity index (χ2n) is 5.37. The summed E-state index contributed by atoms with van der Waals surface area (Å²) >= 11 is 0. The van der Waals surface area contributed by atoms with Crippen LogP contribution in [0.3, 0.4) is 0 Å². The maximum absolute atomic E-state index is 11.3. The fraction of sp³-hybridized carbons (Fsp3) is 0.923. The fourth-order valence-electron chi connectivity index (χ4n) is 2.91. The number of hydrogen-bond donors (Lipinski definition) is 1. The van der Waals surface area contributed by atoms with E-state index in [0.29, 0.717) is 0 Å². The van der Waals surface area contributed by atoms with E-state index in [-0.39, 0.29) is 5.91 Å². The van der Waals surface area contributed by atoms with Crippen LogP contribution in [0.2, 0.25) is 0 Å². The van der Waals surface area contributed by atoms with E-state index in [4.69, 9.17) is 0 Å². The summed E-state index contributed by atoms with van der Waals surface area (Å²) in [6.07, 6.45) is 3.80. The first-order valence-electron chi connectivity index (χ1n) is 6.94. The monoisotopic (exact) mass is 239 g/mol. The molecule has 0 bridgehead atoms. The lowest BCUT2D eigenvalue weighted by atomic mass is 9.99. The quantitative estimate of drug-likeness (QED) is 0.764. The van der Waals surface area contributed by atoms with Crippen molar-refractivity contribution in [3.63, 3.8) is 0 Å². The largest absolute Gasteiger partial charge is 0.342 e. The van der Waals surface area contributed by atoms with Crippen molar-refractivity contribution in [3.05, 3.63) is 0 Å². The number of rotatable bonds is 2. The first kappa shape index (κ1) is 12.8. The highest BCUT2D eigenvalue weighted by Crippen LogP contribution is 2.13. The molecule has 4 nitrogen and oxygen atoms in total. The number of carbonyl (C=O) groups is 1. The molecule has 2 heterocycles. The lowest BCUT2D eigenvalue weighted by molar-refractivity contribution is -0.128. The van der Waals surface area contributed by atoms with Crippen molar-refractivity contribution in [1.29, 1.82) is 0 Å². The van der Waals surface area contributed by atoms with Gasteiger partial charge in [-0.1, -0.05) is 0 Å². The molecule has 2 aliphatic rings. The smallest absolute Gasteiger partial charge is 0.219 e. The van der Waals surface area contributed by atoms with Crippen molar-refractivity contribution in [2.45, 2.75) is 26.2 Å². The van der Waals surface area contributed by atoms with Gasteiger partial charge in [0.2, 0.25) is 5.91 Å². The molecule has 1 atom stereocenters. The zero-order valence-electron chi connectivity index (χ0n) is 11.0. The normalized spacial score (nSPS) is 27.8. The van der Waals surface area contributed by atoms with E-state index < -0.39 is 0 Å². The summed E-state index contributed by atoms with van der Waals surface area (Å²) in [6.45, 7) is 9.31. The topological polar surface area (TPSA) is 35.6 Å². The second kappa shape index (κ2) is 6.36. The average molecular weight is 239 g/mol. The van der Waals surface area contributed by atoms with Gasteiger partial charge in [0.25, 0.3) is 0 Å². The Morgan fingerprint density at radius 2 is 2.12 bits per heavy atom. The van der Waals surface area contributed by atoms with E-state index in [1.807, 2.05) is 4.90 Å². The van der Waals surface area contributed by atoms with Crippen molar-refractivity contribution in [3.8, 4) is 0 Å². The van der Waals surface area contributed by atoms with Crippen LogP contribution in [0.4, 0.5) is 0 Å². The van der Waals surface area contributed by atoms with Crippen LogP contribution in [0, 0.1) is 5.92 Å². The molecule has 98 valence electrons. The Bertz CT molecular complexity index is 251. The van der Waals surface area contributed by atoms with Crippen molar-refractivity contribution in [2.24, 2.45) is 5.92 Å². The van der Waals surface area contributed by atoms with Gasteiger partial charge in [0.1, 0.15) is 0 Å². The summed E-state index contributed by atoms with van der Waals surface area (Å²) in [5, 5.41) is 3.48. The Hall–Kier alpha value is -0.610. The molecule has 0 radical (unpaired) electrons. The van der Waals surface area contributed by atoms with Gasteiger partial charge in [-0.3, -0.25) is 4.79 Å². The number of nitrogens with zero attached hydrogens (tertiary/aromatic N) is 2. The number of piperidine rings is 1. The van der Waals surface area contributed by atoms with Crippen LogP contribution >= 0.6 is 0 Å². The zero-order valence-corrected chi connectivity index (χ0v) is 11.0. The Labute approximate surface area is 104 Å². The van der Waals surface area contributed by atoms with Crippen LogP contribution in [-0.4, -0.2) is 61.5 Å². The molecule has 2 rings (SSSR count). The van der Waals surface area contributed by atoms with Crippen LogP contribution in [0.25, 0.3) is 0 Å². The first-order valence-corrected chi connectivity index (χ1v) is 6.94. The fourth-order valence-corrected chi connectivity index (χ4v) is 2.91. The minimum absolute atomic E-state index is 0.228. The van der Waals surface area contributed by atoms with Crippen LogP contribution < -0.4 is 5.32 Å². The maximum atomic E-state index is 11.3. The summed E-state index contributed by atoms with van der Waals surface area (Å²) < 4.78 is 0. The molecule has 1 amide bonds. The number of carbonyl (C=O) groups excluding carboxylic acids is 1. The molecule has 2 fully saturated rings. The van der Waals surface area contributed by atoms with Crippen LogP contribution in [0.5, 0.6) is 0 Å². The molecule has 0 saturated carbocycles. The number of nitrogens with one attached hydrogen (secondary N) is 1. The third-order valence-electron chi connectivity index (χ3n) is 3.95. The Kier molecular flexibility index (Phi) is 4.80. The summed E-state index contributed by atoms with van der Waals surface area (Å²) in [6, 6.07) is 0. The molecule has 0 aromatic rings. The Morgan fingerprint density at radius 1 is 1.24 bits per heavy atom. The summed E-state index contributed by atoms with van der Waals surface area (Å²) in [5.41, 5.74) is 0. The van der Waals surface area contributed by atoms with Crippen molar-refractivity contribution >= 4 is 5.91 Å². The molecule has 17 heavy (non-hydrogen) atoms. The van der Waals surface area contributed by atoms with Gasteiger partial charge in [0.05, 0.1) is 0 Å². The van der Waals surface area contributed by atoms with Gasteiger partial charge >= 0.3 is 0 Å². The van der Waals surface area contributed by atoms with Gasteiger partial charge in [0, 0.05) is 33.1 Å². The summed E-state index contributed by atoms with van der Waals surface area (Å²) in [7, 11) is 0.